The standard InChI is InChI=1S/C9H21NO2/c1-8(2,10(5)11)7-9(3,4)12-6/h11H,7H2,1-6H3/p+1. The van der Waals surface area contributed by atoms with Gasteiger partial charge in [-0.1, -0.05) is 0 Å². The van der Waals surface area contributed by atoms with Gasteiger partial charge in [0, 0.05) is 13.5 Å². The molecule has 3 heteroatoms. The number of nitrogens with one attached hydrogen (secondary N) is 1. The molecule has 0 saturated carbocycles. The van der Waals surface area contributed by atoms with Gasteiger partial charge in [0.25, 0.3) is 0 Å². The first kappa shape index (κ1) is 11.9. The van der Waals surface area contributed by atoms with Crippen LogP contribution in [-0.4, -0.2) is 30.5 Å². The van der Waals surface area contributed by atoms with Gasteiger partial charge >= 0.3 is 0 Å². The lowest BCUT2D eigenvalue weighted by molar-refractivity contribution is -1.11. The number of rotatable bonds is 4. The van der Waals surface area contributed by atoms with Crippen LogP contribution in [0.15, 0.2) is 0 Å². The summed E-state index contributed by atoms with van der Waals surface area (Å²) in [7, 11) is 3.44. The van der Waals surface area contributed by atoms with Crippen molar-refractivity contribution in [3.8, 4) is 0 Å². The molecule has 1 atom stereocenters. The monoisotopic (exact) mass is 176 g/mol. The van der Waals surface area contributed by atoms with Crippen molar-refractivity contribution in [1.82, 2.24) is 0 Å². The van der Waals surface area contributed by atoms with Crippen LogP contribution in [0.1, 0.15) is 34.1 Å². The van der Waals surface area contributed by atoms with E-state index in [4.69, 9.17) is 4.74 Å². The van der Waals surface area contributed by atoms with Crippen LogP contribution < -0.4 is 5.06 Å². The van der Waals surface area contributed by atoms with Gasteiger partial charge in [0.1, 0.15) is 5.54 Å². The fourth-order valence-electron chi connectivity index (χ4n) is 1.26. The van der Waals surface area contributed by atoms with E-state index in [-0.39, 0.29) is 11.1 Å². The van der Waals surface area contributed by atoms with E-state index in [1.165, 1.54) is 0 Å². The van der Waals surface area contributed by atoms with Crippen molar-refractivity contribution >= 4 is 0 Å². The summed E-state index contributed by atoms with van der Waals surface area (Å²) >= 11 is 0. The molecular weight excluding hydrogens is 154 g/mol. The van der Waals surface area contributed by atoms with Crippen LogP contribution in [-0.2, 0) is 4.74 Å². The SMILES string of the molecule is COC(C)(C)CC(C)(C)[NH+](C)O. The maximum atomic E-state index is 9.40. The average Bonchev–Trinajstić information content (AvgIpc) is 1.85. The minimum Gasteiger partial charge on any atom is -0.379 e. The second-order valence-electron chi connectivity index (χ2n) is 4.61. The molecule has 0 aliphatic heterocycles. The Hall–Kier alpha value is -0.120. The second kappa shape index (κ2) is 3.73. The number of hydrogen-bond acceptors (Lipinski definition) is 2. The van der Waals surface area contributed by atoms with Crippen molar-refractivity contribution < 1.29 is 15.0 Å². The molecule has 0 aliphatic carbocycles. The fourth-order valence-corrected chi connectivity index (χ4v) is 1.26. The van der Waals surface area contributed by atoms with Crippen LogP contribution in [0, 0.1) is 0 Å². The molecule has 0 fully saturated rings. The summed E-state index contributed by atoms with van der Waals surface area (Å²) in [4.78, 5) is 0. The van der Waals surface area contributed by atoms with Crippen LogP contribution in [0.5, 0.6) is 0 Å². The molecule has 3 nitrogen and oxygen atoms in total. The highest BCUT2D eigenvalue weighted by molar-refractivity contribution is 4.78. The Labute approximate surface area is 75.3 Å². The summed E-state index contributed by atoms with van der Waals surface area (Å²) in [5.41, 5.74) is -0.340. The lowest BCUT2D eigenvalue weighted by Gasteiger charge is -2.33. The second-order valence-corrected chi connectivity index (χ2v) is 4.61. The van der Waals surface area contributed by atoms with Gasteiger partial charge in [-0.3, -0.25) is 0 Å². The summed E-state index contributed by atoms with van der Waals surface area (Å²) in [6.45, 7) is 8.08. The Morgan fingerprint density at radius 1 is 1.25 bits per heavy atom. The zero-order chi connectivity index (χ0) is 9.99. The first-order valence-corrected chi connectivity index (χ1v) is 4.29. The predicted octanol–water partition coefficient (Wildman–Crippen LogP) is 0.484. The molecule has 2 N–H and O–H groups in total. The van der Waals surface area contributed by atoms with Crippen LogP contribution in [0.25, 0.3) is 0 Å². The molecule has 0 aromatic heterocycles. The molecule has 0 heterocycles. The first-order chi connectivity index (χ1) is 5.21. The number of ether oxygens (including phenoxy) is 1. The van der Waals surface area contributed by atoms with Crippen LogP contribution in [0.3, 0.4) is 0 Å². The van der Waals surface area contributed by atoms with Crippen LogP contribution in [0.4, 0.5) is 0 Å². The number of quaternary nitrogens is 1. The van der Waals surface area contributed by atoms with Crippen molar-refractivity contribution in [3.63, 3.8) is 0 Å². The third-order valence-electron chi connectivity index (χ3n) is 2.40. The van der Waals surface area contributed by atoms with Crippen molar-refractivity contribution in [1.29, 1.82) is 0 Å². The quantitative estimate of drug-likeness (QED) is 0.611. The predicted molar refractivity (Wildman–Crippen MR) is 48.5 cm³/mol. The summed E-state index contributed by atoms with van der Waals surface area (Å²) < 4.78 is 5.30. The van der Waals surface area contributed by atoms with Gasteiger partial charge in [-0.25, -0.2) is 5.21 Å². The van der Waals surface area contributed by atoms with Crippen molar-refractivity contribution in [3.05, 3.63) is 0 Å². The molecule has 0 spiro atoms. The van der Waals surface area contributed by atoms with E-state index in [0.29, 0.717) is 5.06 Å². The Morgan fingerprint density at radius 2 is 1.67 bits per heavy atom. The lowest BCUT2D eigenvalue weighted by atomic mass is 9.89. The van der Waals surface area contributed by atoms with E-state index in [9.17, 15) is 5.21 Å². The zero-order valence-corrected chi connectivity index (χ0v) is 9.06. The van der Waals surface area contributed by atoms with Gasteiger partial charge in [-0.05, 0) is 27.7 Å². The van der Waals surface area contributed by atoms with Gasteiger partial charge in [0.2, 0.25) is 0 Å². The summed E-state index contributed by atoms with van der Waals surface area (Å²) in [6.07, 6.45) is 0.818. The molecule has 12 heavy (non-hydrogen) atoms. The fraction of sp³-hybridized carbons (Fsp3) is 1.00. The van der Waals surface area contributed by atoms with E-state index in [1.807, 2.05) is 27.7 Å². The number of hydrogen-bond donors (Lipinski definition) is 2. The smallest absolute Gasteiger partial charge is 0.124 e. The van der Waals surface area contributed by atoms with Crippen LogP contribution in [0.2, 0.25) is 0 Å². The van der Waals surface area contributed by atoms with Gasteiger partial charge < -0.3 is 4.74 Å². The van der Waals surface area contributed by atoms with Crippen molar-refractivity contribution in [2.24, 2.45) is 0 Å². The Morgan fingerprint density at radius 3 is 1.92 bits per heavy atom. The molecule has 74 valence electrons. The summed E-state index contributed by atoms with van der Waals surface area (Å²) in [5.74, 6) is 0. The minimum absolute atomic E-state index is 0.167. The molecular formula is C9H22NO2+. The van der Waals surface area contributed by atoms with E-state index in [0.717, 1.165) is 6.42 Å². The van der Waals surface area contributed by atoms with Gasteiger partial charge in [0.15, 0.2) is 0 Å². The number of hydroxylamine groups is 2. The third kappa shape index (κ3) is 3.52. The maximum Gasteiger partial charge on any atom is 0.124 e. The molecule has 1 unspecified atom stereocenters. The Bertz CT molecular complexity index is 141. The summed E-state index contributed by atoms with van der Waals surface area (Å²) in [5, 5.41) is 9.87. The van der Waals surface area contributed by atoms with E-state index >= 15 is 0 Å². The molecule has 0 bridgehead atoms. The summed E-state index contributed by atoms with van der Waals surface area (Å²) in [6, 6.07) is 0. The molecule has 0 aromatic carbocycles. The van der Waals surface area contributed by atoms with Gasteiger partial charge in [0.05, 0.1) is 12.6 Å². The van der Waals surface area contributed by atoms with Gasteiger partial charge in [-0.2, -0.15) is 5.06 Å². The van der Waals surface area contributed by atoms with E-state index in [1.54, 1.807) is 14.2 Å². The molecule has 0 rings (SSSR count). The molecule has 0 aromatic rings. The maximum absolute atomic E-state index is 9.40. The normalized spacial score (nSPS) is 16.2. The highest BCUT2D eigenvalue weighted by atomic mass is 16.5. The number of methoxy groups -OCH3 is 1. The van der Waals surface area contributed by atoms with Crippen molar-refractivity contribution in [2.75, 3.05) is 14.2 Å². The minimum atomic E-state index is -0.173. The molecule has 0 radical (unpaired) electrons. The van der Waals surface area contributed by atoms with E-state index < -0.39 is 0 Å². The highest BCUT2D eigenvalue weighted by Gasteiger charge is 2.34. The lowest BCUT2D eigenvalue weighted by Crippen LogP contribution is -3.15. The Balaban J connectivity index is 4.23. The van der Waals surface area contributed by atoms with E-state index in [2.05, 4.69) is 0 Å². The van der Waals surface area contributed by atoms with Gasteiger partial charge in [-0.15, -0.1) is 0 Å². The topological polar surface area (TPSA) is 33.9 Å². The average molecular weight is 176 g/mol. The molecule has 0 aliphatic rings. The largest absolute Gasteiger partial charge is 0.379 e. The zero-order valence-electron chi connectivity index (χ0n) is 9.06. The third-order valence-corrected chi connectivity index (χ3v) is 2.40. The molecule has 0 saturated heterocycles. The van der Waals surface area contributed by atoms with Crippen molar-refractivity contribution in [2.45, 2.75) is 45.3 Å². The highest BCUT2D eigenvalue weighted by Crippen LogP contribution is 2.19. The Kier molecular flexibility index (Phi) is 3.69. The first-order valence-electron chi connectivity index (χ1n) is 4.29. The van der Waals surface area contributed by atoms with Crippen LogP contribution >= 0.6 is 0 Å². The molecule has 0 amide bonds.